The van der Waals surface area contributed by atoms with E-state index in [1.54, 1.807) is 12.1 Å². The van der Waals surface area contributed by atoms with E-state index in [0.717, 1.165) is 37.0 Å². The molecule has 4 saturated carbocycles. The van der Waals surface area contributed by atoms with Crippen molar-refractivity contribution in [2.45, 2.75) is 58.0 Å². The lowest BCUT2D eigenvalue weighted by molar-refractivity contribution is -0.153. The van der Waals surface area contributed by atoms with E-state index in [1.807, 2.05) is 0 Å². The molecular weight excluding hydrogens is 406 g/mol. The minimum Gasteiger partial charge on any atom is -0.451 e. The number of halogens is 1. The normalized spacial score (nSPS) is 29.9. The monoisotopic (exact) mass is 433 g/mol. The third-order valence-electron chi connectivity index (χ3n) is 6.79. The van der Waals surface area contributed by atoms with Crippen LogP contribution in [0.5, 0.6) is 0 Å². The molecule has 4 fully saturated rings. The fourth-order valence-corrected chi connectivity index (χ4v) is 6.16. The lowest BCUT2D eigenvalue weighted by Crippen LogP contribution is -2.48. The largest absolute Gasteiger partial charge is 0.451 e. The molecular formula is C22H28ClN3O4. The molecule has 0 aromatic carbocycles. The molecule has 0 aliphatic heterocycles. The molecule has 4 bridgehead atoms. The molecule has 0 saturated heterocycles. The van der Waals surface area contributed by atoms with Gasteiger partial charge in [0.05, 0.1) is 5.02 Å². The second-order valence-electron chi connectivity index (χ2n) is 9.35. The van der Waals surface area contributed by atoms with Crippen molar-refractivity contribution in [2.24, 2.45) is 23.2 Å². The average molecular weight is 434 g/mol. The Morgan fingerprint density at radius 1 is 1.17 bits per heavy atom. The summed E-state index contributed by atoms with van der Waals surface area (Å²) in [6.45, 7) is 1.24. The van der Waals surface area contributed by atoms with Crippen molar-refractivity contribution in [3.63, 3.8) is 0 Å². The van der Waals surface area contributed by atoms with Gasteiger partial charge in [-0.05, 0) is 80.8 Å². The number of hydrogen-bond donors (Lipinski definition) is 2. The minimum atomic E-state index is -1.00. The van der Waals surface area contributed by atoms with Crippen LogP contribution in [0.15, 0.2) is 18.3 Å². The molecule has 4 aliphatic rings. The zero-order valence-electron chi connectivity index (χ0n) is 17.2. The van der Waals surface area contributed by atoms with Gasteiger partial charge >= 0.3 is 5.97 Å². The van der Waals surface area contributed by atoms with Gasteiger partial charge in [0, 0.05) is 12.6 Å². The second kappa shape index (κ2) is 8.53. The lowest BCUT2D eigenvalue weighted by atomic mass is 9.49. The van der Waals surface area contributed by atoms with Crippen LogP contribution in [0, 0.1) is 23.2 Å². The maximum Gasteiger partial charge on any atom is 0.326 e. The van der Waals surface area contributed by atoms with Gasteiger partial charge in [-0.25, -0.2) is 4.98 Å². The number of esters is 1. The van der Waals surface area contributed by atoms with Gasteiger partial charge in [-0.15, -0.1) is 0 Å². The van der Waals surface area contributed by atoms with E-state index in [9.17, 15) is 14.4 Å². The van der Waals surface area contributed by atoms with Crippen LogP contribution < -0.4 is 10.6 Å². The Bertz CT molecular complexity index is 791. The van der Waals surface area contributed by atoms with E-state index in [0.29, 0.717) is 17.3 Å². The first kappa shape index (κ1) is 21.1. The number of carbonyl (C=O) groups excluding carboxylic acids is 3. The van der Waals surface area contributed by atoms with E-state index in [4.69, 9.17) is 16.3 Å². The molecule has 8 heteroatoms. The minimum absolute atomic E-state index is 0.101. The highest BCUT2D eigenvalue weighted by Crippen LogP contribution is 2.61. The van der Waals surface area contributed by atoms with Crippen LogP contribution in [0.4, 0.5) is 5.82 Å². The van der Waals surface area contributed by atoms with Crippen LogP contribution in [0.3, 0.4) is 0 Å². The highest BCUT2D eigenvalue weighted by Gasteiger charge is 2.51. The number of amides is 2. The molecule has 1 aromatic rings. The Balaban J connectivity index is 1.20. The maximum atomic E-state index is 12.5. The SMILES string of the molecule is CC(OC(=O)CNC(=O)CC12CC3CC(CC(C3)C1)C2)C(=O)Nc1ccc(Cl)cn1. The van der Waals surface area contributed by atoms with Crippen LogP contribution in [-0.4, -0.2) is 35.4 Å². The van der Waals surface area contributed by atoms with Crippen molar-refractivity contribution in [1.29, 1.82) is 0 Å². The predicted octanol–water partition coefficient (Wildman–Crippen LogP) is 3.33. The van der Waals surface area contributed by atoms with Crippen molar-refractivity contribution in [2.75, 3.05) is 11.9 Å². The molecule has 0 spiro atoms. The molecule has 162 valence electrons. The van der Waals surface area contributed by atoms with Crippen molar-refractivity contribution in [3.05, 3.63) is 23.4 Å². The standard InChI is InChI=1S/C22H28ClN3O4/c1-13(21(29)26-18-3-2-17(23)11-24-18)30-20(28)12-25-19(27)10-22-7-14-4-15(8-22)6-16(5-14)9-22/h2-3,11,13-16H,4-10,12H2,1H3,(H,25,27)(H,24,26,29). The molecule has 30 heavy (non-hydrogen) atoms. The van der Waals surface area contributed by atoms with Crippen LogP contribution in [0.2, 0.25) is 5.02 Å². The van der Waals surface area contributed by atoms with E-state index in [2.05, 4.69) is 15.6 Å². The average Bonchev–Trinajstić information content (AvgIpc) is 2.66. The number of rotatable bonds is 7. The highest BCUT2D eigenvalue weighted by molar-refractivity contribution is 6.30. The van der Waals surface area contributed by atoms with E-state index >= 15 is 0 Å². The van der Waals surface area contributed by atoms with Crippen molar-refractivity contribution in [1.82, 2.24) is 10.3 Å². The number of pyridine rings is 1. The number of aromatic nitrogens is 1. The summed E-state index contributed by atoms with van der Waals surface area (Å²) in [5, 5.41) is 5.69. The van der Waals surface area contributed by atoms with Crippen LogP contribution in [0.25, 0.3) is 0 Å². The first-order valence-electron chi connectivity index (χ1n) is 10.7. The summed E-state index contributed by atoms with van der Waals surface area (Å²) in [4.78, 5) is 40.7. The summed E-state index contributed by atoms with van der Waals surface area (Å²) in [6.07, 6.45) is 8.33. The van der Waals surface area contributed by atoms with Crippen molar-refractivity contribution < 1.29 is 19.1 Å². The number of nitrogens with zero attached hydrogens (tertiary/aromatic N) is 1. The third-order valence-corrected chi connectivity index (χ3v) is 7.01. The first-order valence-corrected chi connectivity index (χ1v) is 11.1. The molecule has 1 heterocycles. The Hall–Kier alpha value is -2.15. The zero-order valence-corrected chi connectivity index (χ0v) is 17.9. The lowest BCUT2D eigenvalue weighted by Gasteiger charge is -2.56. The topological polar surface area (TPSA) is 97.4 Å². The summed E-state index contributed by atoms with van der Waals surface area (Å²) in [6, 6.07) is 3.15. The van der Waals surface area contributed by atoms with Gasteiger partial charge in [0.15, 0.2) is 6.10 Å². The molecule has 0 radical (unpaired) electrons. The van der Waals surface area contributed by atoms with Crippen LogP contribution >= 0.6 is 11.6 Å². The van der Waals surface area contributed by atoms with Crippen LogP contribution in [0.1, 0.15) is 51.9 Å². The Labute approximate surface area is 181 Å². The van der Waals surface area contributed by atoms with E-state index in [1.165, 1.54) is 32.4 Å². The van der Waals surface area contributed by atoms with Gasteiger partial charge in [0.25, 0.3) is 5.91 Å². The third kappa shape index (κ3) is 4.94. The quantitative estimate of drug-likeness (QED) is 0.643. The molecule has 1 aromatic heterocycles. The number of carbonyl (C=O) groups is 3. The summed E-state index contributed by atoms with van der Waals surface area (Å²) < 4.78 is 5.13. The molecule has 2 N–H and O–H groups in total. The van der Waals surface area contributed by atoms with E-state index in [-0.39, 0.29) is 17.9 Å². The fourth-order valence-electron chi connectivity index (χ4n) is 6.05. The first-order chi connectivity index (χ1) is 14.3. The predicted molar refractivity (Wildman–Crippen MR) is 112 cm³/mol. The molecule has 7 nitrogen and oxygen atoms in total. The Kier molecular flexibility index (Phi) is 6.00. The molecule has 1 unspecified atom stereocenters. The van der Waals surface area contributed by atoms with Crippen molar-refractivity contribution in [3.8, 4) is 0 Å². The smallest absolute Gasteiger partial charge is 0.326 e. The summed E-state index contributed by atoms with van der Waals surface area (Å²) >= 11 is 5.76. The van der Waals surface area contributed by atoms with Gasteiger partial charge in [-0.1, -0.05) is 11.6 Å². The van der Waals surface area contributed by atoms with Crippen molar-refractivity contribution >= 4 is 35.2 Å². The fraction of sp³-hybridized carbons (Fsp3) is 0.636. The van der Waals surface area contributed by atoms with Gasteiger partial charge < -0.3 is 15.4 Å². The van der Waals surface area contributed by atoms with Crippen LogP contribution in [-0.2, 0) is 19.1 Å². The highest BCUT2D eigenvalue weighted by atomic mass is 35.5. The number of anilines is 1. The maximum absolute atomic E-state index is 12.5. The second-order valence-corrected chi connectivity index (χ2v) is 9.79. The van der Waals surface area contributed by atoms with Gasteiger partial charge in [0.2, 0.25) is 5.91 Å². The van der Waals surface area contributed by atoms with Gasteiger partial charge in [-0.2, -0.15) is 0 Å². The molecule has 4 aliphatic carbocycles. The number of nitrogens with one attached hydrogen (secondary N) is 2. The molecule has 2 amide bonds. The van der Waals surface area contributed by atoms with Gasteiger partial charge in [-0.3, -0.25) is 14.4 Å². The van der Waals surface area contributed by atoms with E-state index < -0.39 is 18.0 Å². The Morgan fingerprint density at radius 2 is 1.80 bits per heavy atom. The molecule has 1 atom stereocenters. The summed E-state index contributed by atoms with van der Waals surface area (Å²) in [7, 11) is 0. The number of ether oxygens (including phenoxy) is 1. The molecule has 5 rings (SSSR count). The number of hydrogen-bond acceptors (Lipinski definition) is 5. The Morgan fingerprint density at radius 3 is 2.37 bits per heavy atom. The zero-order chi connectivity index (χ0) is 21.3. The summed E-state index contributed by atoms with van der Waals surface area (Å²) in [5.74, 6) is 1.42. The van der Waals surface area contributed by atoms with Gasteiger partial charge in [0.1, 0.15) is 12.4 Å². The summed E-state index contributed by atoms with van der Waals surface area (Å²) in [5.41, 5.74) is 0.126.